The Morgan fingerprint density at radius 1 is 1.50 bits per heavy atom. The molecule has 0 aromatic carbocycles. The van der Waals surface area contributed by atoms with Gasteiger partial charge in [-0.15, -0.1) is 0 Å². The SMILES string of the molecule is CSCC[C@H](NC(=O)NC1CCC1)C(=O)O. The van der Waals surface area contributed by atoms with Gasteiger partial charge in [0, 0.05) is 6.04 Å². The smallest absolute Gasteiger partial charge is 0.326 e. The van der Waals surface area contributed by atoms with Crippen LogP contribution in [0.5, 0.6) is 0 Å². The standard InChI is InChI=1S/C10H18N2O3S/c1-16-6-5-8(9(13)14)12-10(15)11-7-3-2-4-7/h7-8H,2-6H2,1H3,(H,13,14)(H2,11,12,15)/t8-/m0/s1. The number of carbonyl (C=O) groups excluding carboxylic acids is 1. The first-order valence-corrected chi connectivity index (χ1v) is 6.81. The molecule has 0 aromatic rings. The molecule has 0 spiro atoms. The number of aliphatic carboxylic acids is 1. The van der Waals surface area contributed by atoms with E-state index in [2.05, 4.69) is 10.6 Å². The molecule has 5 nitrogen and oxygen atoms in total. The third kappa shape index (κ3) is 4.30. The molecule has 1 fully saturated rings. The van der Waals surface area contributed by atoms with Gasteiger partial charge in [0.15, 0.2) is 0 Å². The quantitative estimate of drug-likeness (QED) is 0.654. The maximum atomic E-state index is 11.4. The van der Waals surface area contributed by atoms with E-state index in [1.54, 1.807) is 11.8 Å². The van der Waals surface area contributed by atoms with Crippen LogP contribution in [0.3, 0.4) is 0 Å². The molecular formula is C10H18N2O3S. The second-order valence-electron chi connectivity index (χ2n) is 3.92. The van der Waals surface area contributed by atoms with E-state index in [1.807, 2.05) is 6.26 Å². The second-order valence-corrected chi connectivity index (χ2v) is 4.90. The van der Waals surface area contributed by atoms with Crippen molar-refractivity contribution in [3.63, 3.8) is 0 Å². The molecule has 0 saturated heterocycles. The fourth-order valence-electron chi connectivity index (χ4n) is 1.43. The summed E-state index contributed by atoms with van der Waals surface area (Å²) in [5, 5.41) is 14.1. The number of carbonyl (C=O) groups is 2. The highest BCUT2D eigenvalue weighted by atomic mass is 32.2. The van der Waals surface area contributed by atoms with Gasteiger partial charge in [0.25, 0.3) is 0 Å². The highest BCUT2D eigenvalue weighted by Crippen LogP contribution is 2.17. The number of hydrogen-bond donors (Lipinski definition) is 3. The van der Waals surface area contributed by atoms with E-state index in [0.29, 0.717) is 6.42 Å². The van der Waals surface area contributed by atoms with Crippen LogP contribution in [0.4, 0.5) is 4.79 Å². The van der Waals surface area contributed by atoms with Crippen molar-refractivity contribution in [3.05, 3.63) is 0 Å². The lowest BCUT2D eigenvalue weighted by atomic mass is 9.93. The molecule has 1 aliphatic carbocycles. The summed E-state index contributed by atoms with van der Waals surface area (Å²) in [5.41, 5.74) is 0. The van der Waals surface area contributed by atoms with Crippen molar-refractivity contribution in [3.8, 4) is 0 Å². The van der Waals surface area contributed by atoms with Gasteiger partial charge < -0.3 is 15.7 Å². The molecule has 6 heteroatoms. The molecule has 1 aliphatic rings. The number of nitrogens with one attached hydrogen (secondary N) is 2. The van der Waals surface area contributed by atoms with Crippen LogP contribution in [0.1, 0.15) is 25.7 Å². The maximum absolute atomic E-state index is 11.4. The van der Waals surface area contributed by atoms with Crippen LogP contribution in [0, 0.1) is 0 Å². The highest BCUT2D eigenvalue weighted by molar-refractivity contribution is 7.98. The lowest BCUT2D eigenvalue weighted by Crippen LogP contribution is -2.50. The Morgan fingerprint density at radius 3 is 2.62 bits per heavy atom. The van der Waals surface area contributed by atoms with Crippen molar-refractivity contribution < 1.29 is 14.7 Å². The highest BCUT2D eigenvalue weighted by Gasteiger charge is 2.23. The van der Waals surface area contributed by atoms with Gasteiger partial charge >= 0.3 is 12.0 Å². The molecule has 0 heterocycles. The van der Waals surface area contributed by atoms with Gasteiger partial charge in [0.05, 0.1) is 0 Å². The zero-order valence-electron chi connectivity index (χ0n) is 9.36. The van der Waals surface area contributed by atoms with Crippen molar-refractivity contribution in [2.24, 2.45) is 0 Å². The average molecular weight is 246 g/mol. The third-order valence-corrected chi connectivity index (χ3v) is 3.30. The van der Waals surface area contributed by atoms with Crippen LogP contribution in [-0.2, 0) is 4.79 Å². The third-order valence-electron chi connectivity index (χ3n) is 2.65. The van der Waals surface area contributed by atoms with E-state index in [0.717, 1.165) is 25.0 Å². The predicted molar refractivity (Wildman–Crippen MR) is 63.7 cm³/mol. The average Bonchev–Trinajstić information content (AvgIpc) is 2.18. The monoisotopic (exact) mass is 246 g/mol. The van der Waals surface area contributed by atoms with Crippen molar-refractivity contribution in [2.45, 2.75) is 37.8 Å². The van der Waals surface area contributed by atoms with Crippen LogP contribution >= 0.6 is 11.8 Å². The van der Waals surface area contributed by atoms with Crippen molar-refractivity contribution in [1.29, 1.82) is 0 Å². The Labute approximate surface area is 99.4 Å². The van der Waals surface area contributed by atoms with Crippen LogP contribution in [0.25, 0.3) is 0 Å². The Kier molecular flexibility index (Phi) is 5.45. The number of hydrogen-bond acceptors (Lipinski definition) is 3. The molecule has 16 heavy (non-hydrogen) atoms. The molecule has 0 bridgehead atoms. The van der Waals surface area contributed by atoms with E-state index >= 15 is 0 Å². The van der Waals surface area contributed by atoms with Gasteiger partial charge in [-0.25, -0.2) is 9.59 Å². The van der Waals surface area contributed by atoms with Crippen molar-refractivity contribution in [1.82, 2.24) is 10.6 Å². The Morgan fingerprint density at radius 2 is 2.19 bits per heavy atom. The van der Waals surface area contributed by atoms with Gasteiger partial charge in [0.2, 0.25) is 0 Å². The normalized spacial score (nSPS) is 17.3. The molecule has 1 atom stereocenters. The van der Waals surface area contributed by atoms with E-state index in [-0.39, 0.29) is 12.1 Å². The van der Waals surface area contributed by atoms with Crippen LogP contribution in [0.15, 0.2) is 0 Å². The van der Waals surface area contributed by atoms with Crippen LogP contribution in [-0.4, -0.2) is 41.2 Å². The molecule has 2 amide bonds. The van der Waals surface area contributed by atoms with E-state index in [9.17, 15) is 9.59 Å². The number of urea groups is 1. The first-order valence-electron chi connectivity index (χ1n) is 5.42. The van der Waals surface area contributed by atoms with E-state index in [4.69, 9.17) is 5.11 Å². The first kappa shape index (κ1) is 13.2. The van der Waals surface area contributed by atoms with Gasteiger partial charge in [-0.2, -0.15) is 11.8 Å². The number of carboxylic acids is 1. The zero-order chi connectivity index (χ0) is 12.0. The fourth-order valence-corrected chi connectivity index (χ4v) is 1.90. The maximum Gasteiger partial charge on any atom is 0.326 e. The molecule has 1 saturated carbocycles. The molecule has 0 aromatic heterocycles. The largest absolute Gasteiger partial charge is 0.480 e. The minimum absolute atomic E-state index is 0.231. The minimum Gasteiger partial charge on any atom is -0.480 e. The lowest BCUT2D eigenvalue weighted by molar-refractivity contribution is -0.139. The number of thioether (sulfide) groups is 1. The molecule has 0 radical (unpaired) electrons. The number of amides is 2. The van der Waals surface area contributed by atoms with Crippen LogP contribution < -0.4 is 10.6 Å². The predicted octanol–water partition coefficient (Wildman–Crippen LogP) is 1.04. The second kappa shape index (κ2) is 6.62. The number of carboxylic acid groups (broad SMARTS) is 1. The summed E-state index contributed by atoms with van der Waals surface area (Å²) in [6, 6.07) is -0.916. The van der Waals surface area contributed by atoms with E-state index < -0.39 is 12.0 Å². The van der Waals surface area contributed by atoms with Gasteiger partial charge in [-0.05, 0) is 37.7 Å². The van der Waals surface area contributed by atoms with Gasteiger partial charge in [0.1, 0.15) is 6.04 Å². The van der Waals surface area contributed by atoms with Gasteiger partial charge in [-0.3, -0.25) is 0 Å². The van der Waals surface area contributed by atoms with Gasteiger partial charge in [-0.1, -0.05) is 0 Å². The number of rotatable bonds is 6. The van der Waals surface area contributed by atoms with E-state index in [1.165, 1.54) is 0 Å². The molecule has 3 N–H and O–H groups in total. The summed E-state index contributed by atoms with van der Waals surface area (Å²) in [6.45, 7) is 0. The molecule has 0 unspecified atom stereocenters. The fraction of sp³-hybridized carbons (Fsp3) is 0.800. The summed E-state index contributed by atoms with van der Waals surface area (Å²) in [5.74, 6) is -0.251. The van der Waals surface area contributed by atoms with Crippen molar-refractivity contribution >= 4 is 23.8 Å². The van der Waals surface area contributed by atoms with Crippen LogP contribution in [0.2, 0.25) is 0 Å². The summed E-state index contributed by atoms with van der Waals surface area (Å²) in [4.78, 5) is 22.3. The Hall–Kier alpha value is -0.910. The molecule has 92 valence electrons. The lowest BCUT2D eigenvalue weighted by Gasteiger charge is -2.27. The molecule has 1 rings (SSSR count). The molecular weight excluding hydrogens is 228 g/mol. The summed E-state index contributed by atoms with van der Waals surface area (Å²) in [7, 11) is 0. The summed E-state index contributed by atoms with van der Waals surface area (Å²) in [6.07, 6.45) is 5.49. The minimum atomic E-state index is -0.974. The topological polar surface area (TPSA) is 78.4 Å². The van der Waals surface area contributed by atoms with Crippen molar-refractivity contribution in [2.75, 3.05) is 12.0 Å². The zero-order valence-corrected chi connectivity index (χ0v) is 10.2. The summed E-state index contributed by atoms with van der Waals surface area (Å²) >= 11 is 1.57. The first-order chi connectivity index (χ1) is 7.63. The Balaban J connectivity index is 2.28. The Bertz CT molecular complexity index is 256. The molecule has 0 aliphatic heterocycles. The summed E-state index contributed by atoms with van der Waals surface area (Å²) < 4.78 is 0.